The van der Waals surface area contributed by atoms with E-state index in [9.17, 15) is 9.59 Å². The minimum Gasteiger partial charge on any atom is -0.322 e. The molecule has 0 aliphatic rings. The Bertz CT molecular complexity index is 664. The minimum absolute atomic E-state index is 0.176. The number of aromatic nitrogens is 1. The molecule has 0 atom stereocenters. The Morgan fingerprint density at radius 1 is 1.29 bits per heavy atom. The summed E-state index contributed by atoms with van der Waals surface area (Å²) in [5.74, 6) is -0.552. The number of nitrogens with one attached hydrogen (secondary N) is 1. The van der Waals surface area contributed by atoms with E-state index in [0.717, 1.165) is 0 Å². The first-order chi connectivity index (χ1) is 8.04. The maximum atomic E-state index is 11.6. The van der Waals surface area contributed by atoms with Crippen molar-refractivity contribution in [3.63, 3.8) is 0 Å². The van der Waals surface area contributed by atoms with Crippen LogP contribution in [0.5, 0.6) is 0 Å². The van der Waals surface area contributed by atoms with E-state index in [1.54, 1.807) is 0 Å². The Hall–Kier alpha value is -1.03. The van der Waals surface area contributed by atoms with Gasteiger partial charge in [0.05, 0.1) is 27.0 Å². The van der Waals surface area contributed by atoms with Crippen molar-refractivity contribution in [2.24, 2.45) is 0 Å². The second kappa shape index (κ2) is 4.69. The Balaban J connectivity index is 2.85. The van der Waals surface area contributed by atoms with Crippen molar-refractivity contribution in [3.8, 4) is 0 Å². The standard InChI is InChI=1S/C11H6Cl3NO2/c12-4-8(16)10-6(13)3-7-5(11(10)14)1-2-9(17)15-7/h1-3H,4H2,(H,15,17). The lowest BCUT2D eigenvalue weighted by atomic mass is 10.1. The highest BCUT2D eigenvalue weighted by atomic mass is 35.5. The molecule has 0 aliphatic heterocycles. The van der Waals surface area contributed by atoms with Crippen molar-refractivity contribution in [2.75, 3.05) is 5.88 Å². The van der Waals surface area contributed by atoms with E-state index >= 15 is 0 Å². The molecule has 2 rings (SSSR count). The number of hydrogen-bond donors (Lipinski definition) is 1. The zero-order chi connectivity index (χ0) is 12.6. The third kappa shape index (κ3) is 2.18. The largest absolute Gasteiger partial charge is 0.322 e. The maximum absolute atomic E-state index is 11.6. The highest BCUT2D eigenvalue weighted by molar-refractivity contribution is 6.45. The number of alkyl halides is 1. The highest BCUT2D eigenvalue weighted by Crippen LogP contribution is 2.32. The second-order valence-electron chi connectivity index (χ2n) is 3.39. The molecule has 0 spiro atoms. The molecule has 6 heteroatoms. The van der Waals surface area contributed by atoms with Gasteiger partial charge in [0, 0.05) is 11.5 Å². The van der Waals surface area contributed by atoms with Crippen LogP contribution in [0.1, 0.15) is 10.4 Å². The molecule has 0 bridgehead atoms. The number of aromatic amines is 1. The summed E-state index contributed by atoms with van der Waals surface area (Å²) >= 11 is 17.5. The van der Waals surface area contributed by atoms with Crippen molar-refractivity contribution >= 4 is 51.5 Å². The van der Waals surface area contributed by atoms with Crippen LogP contribution in [-0.4, -0.2) is 16.6 Å². The van der Waals surface area contributed by atoms with Gasteiger partial charge >= 0.3 is 0 Å². The van der Waals surface area contributed by atoms with Crippen LogP contribution in [0.2, 0.25) is 10.0 Å². The maximum Gasteiger partial charge on any atom is 0.248 e. The summed E-state index contributed by atoms with van der Waals surface area (Å²) in [5, 5.41) is 0.938. The van der Waals surface area contributed by atoms with Gasteiger partial charge in [-0.3, -0.25) is 9.59 Å². The first kappa shape index (κ1) is 12.4. The van der Waals surface area contributed by atoms with E-state index in [2.05, 4.69) is 4.98 Å². The molecule has 0 unspecified atom stereocenters. The average molecular weight is 291 g/mol. The van der Waals surface area contributed by atoms with E-state index in [0.29, 0.717) is 10.9 Å². The number of H-pyrrole nitrogens is 1. The van der Waals surface area contributed by atoms with Crippen LogP contribution in [0.3, 0.4) is 0 Å². The van der Waals surface area contributed by atoms with Gasteiger partial charge in [-0.1, -0.05) is 23.2 Å². The molecule has 88 valence electrons. The SMILES string of the molecule is O=C(CCl)c1c(Cl)cc2[nH]c(=O)ccc2c1Cl. The lowest BCUT2D eigenvalue weighted by molar-refractivity contribution is 0.102. The number of ketones is 1. The Labute approximate surface area is 111 Å². The number of rotatable bonds is 2. The normalized spacial score (nSPS) is 10.8. The predicted molar refractivity (Wildman–Crippen MR) is 69.6 cm³/mol. The van der Waals surface area contributed by atoms with Gasteiger partial charge in [-0.25, -0.2) is 0 Å². The number of fused-ring (bicyclic) bond motifs is 1. The number of halogens is 3. The zero-order valence-electron chi connectivity index (χ0n) is 8.39. The van der Waals surface area contributed by atoms with Gasteiger partial charge in [0.25, 0.3) is 0 Å². The molecule has 17 heavy (non-hydrogen) atoms. The Morgan fingerprint density at radius 2 is 2.00 bits per heavy atom. The molecular formula is C11H6Cl3NO2. The summed E-state index contributed by atoms with van der Waals surface area (Å²) in [5.41, 5.74) is 0.405. The number of pyridine rings is 1. The van der Waals surface area contributed by atoms with Crippen LogP contribution >= 0.6 is 34.8 Å². The molecule has 0 saturated carbocycles. The van der Waals surface area contributed by atoms with Gasteiger partial charge in [0.2, 0.25) is 5.56 Å². The Morgan fingerprint density at radius 3 is 2.65 bits per heavy atom. The smallest absolute Gasteiger partial charge is 0.248 e. The average Bonchev–Trinajstić information content (AvgIpc) is 2.28. The molecule has 0 amide bonds. The molecule has 0 saturated heterocycles. The molecule has 0 fully saturated rings. The second-order valence-corrected chi connectivity index (χ2v) is 4.44. The number of hydrogen-bond acceptors (Lipinski definition) is 2. The highest BCUT2D eigenvalue weighted by Gasteiger charge is 2.17. The third-order valence-corrected chi connectivity index (χ3v) is 3.25. The summed E-state index contributed by atoms with van der Waals surface area (Å²) in [6, 6.07) is 4.36. The van der Waals surface area contributed by atoms with E-state index in [4.69, 9.17) is 34.8 Å². The predicted octanol–water partition coefficient (Wildman–Crippen LogP) is 3.26. The summed E-state index contributed by atoms with van der Waals surface area (Å²) in [4.78, 5) is 25.3. The molecule has 1 aromatic carbocycles. The fourth-order valence-corrected chi connectivity index (χ4v) is 2.42. The van der Waals surface area contributed by atoms with Crippen molar-refractivity contribution in [1.29, 1.82) is 0 Å². The van der Waals surface area contributed by atoms with Crippen LogP contribution in [-0.2, 0) is 0 Å². The van der Waals surface area contributed by atoms with Gasteiger partial charge in [0.1, 0.15) is 0 Å². The molecule has 0 radical (unpaired) electrons. The van der Waals surface area contributed by atoms with Crippen LogP contribution in [0, 0.1) is 0 Å². The van der Waals surface area contributed by atoms with Gasteiger partial charge in [-0.2, -0.15) is 0 Å². The number of Topliss-reactive ketones (excluding diaryl/α,β-unsaturated/α-hetero) is 1. The van der Waals surface area contributed by atoms with Gasteiger partial charge in [-0.15, -0.1) is 11.6 Å². The minimum atomic E-state index is -0.352. The molecule has 1 N–H and O–H groups in total. The van der Waals surface area contributed by atoms with E-state index in [1.165, 1.54) is 18.2 Å². The fourth-order valence-electron chi connectivity index (χ4n) is 1.56. The van der Waals surface area contributed by atoms with Gasteiger partial charge in [0.15, 0.2) is 5.78 Å². The van der Waals surface area contributed by atoms with Crippen molar-refractivity contribution in [3.05, 3.63) is 44.2 Å². The molecule has 3 nitrogen and oxygen atoms in total. The topological polar surface area (TPSA) is 49.9 Å². The first-order valence-electron chi connectivity index (χ1n) is 4.65. The molecule has 2 aromatic rings. The molecule has 0 aliphatic carbocycles. The lowest BCUT2D eigenvalue weighted by Gasteiger charge is -2.07. The van der Waals surface area contributed by atoms with Crippen molar-refractivity contribution < 1.29 is 4.79 Å². The fraction of sp³-hybridized carbons (Fsp3) is 0.0909. The molecule has 1 aromatic heterocycles. The molecule has 1 heterocycles. The Kier molecular flexibility index (Phi) is 3.43. The monoisotopic (exact) mass is 289 g/mol. The van der Waals surface area contributed by atoms with E-state index in [-0.39, 0.29) is 32.8 Å². The van der Waals surface area contributed by atoms with Crippen molar-refractivity contribution in [1.82, 2.24) is 4.98 Å². The summed E-state index contributed by atoms with van der Waals surface area (Å²) in [6.45, 7) is 0. The van der Waals surface area contributed by atoms with E-state index < -0.39 is 0 Å². The summed E-state index contributed by atoms with van der Waals surface area (Å²) in [7, 11) is 0. The zero-order valence-corrected chi connectivity index (χ0v) is 10.7. The summed E-state index contributed by atoms with van der Waals surface area (Å²) in [6.07, 6.45) is 0. The quantitative estimate of drug-likeness (QED) is 0.682. The number of carbonyl (C=O) groups is 1. The van der Waals surface area contributed by atoms with Crippen molar-refractivity contribution in [2.45, 2.75) is 0 Å². The first-order valence-corrected chi connectivity index (χ1v) is 5.94. The number of carbonyl (C=O) groups excluding carboxylic acids is 1. The summed E-state index contributed by atoms with van der Waals surface area (Å²) < 4.78 is 0. The van der Waals surface area contributed by atoms with Crippen LogP contribution < -0.4 is 5.56 Å². The van der Waals surface area contributed by atoms with Gasteiger partial charge in [-0.05, 0) is 12.1 Å². The number of benzene rings is 1. The van der Waals surface area contributed by atoms with Crippen LogP contribution in [0.4, 0.5) is 0 Å². The lowest BCUT2D eigenvalue weighted by Crippen LogP contribution is -2.06. The molecular weight excluding hydrogens is 284 g/mol. The van der Waals surface area contributed by atoms with Gasteiger partial charge < -0.3 is 4.98 Å². The van der Waals surface area contributed by atoms with E-state index in [1.807, 2.05) is 0 Å². The van der Waals surface area contributed by atoms with Crippen LogP contribution in [0.25, 0.3) is 10.9 Å². The third-order valence-electron chi connectivity index (χ3n) is 2.32. The van der Waals surface area contributed by atoms with Crippen LogP contribution in [0.15, 0.2) is 23.0 Å².